The zero-order chi connectivity index (χ0) is 17.8. The van der Waals surface area contributed by atoms with Crippen molar-refractivity contribution >= 4 is 17.5 Å². The van der Waals surface area contributed by atoms with E-state index in [2.05, 4.69) is 54.3 Å². The van der Waals surface area contributed by atoms with Crippen LogP contribution in [0.3, 0.4) is 0 Å². The van der Waals surface area contributed by atoms with E-state index in [4.69, 9.17) is 4.74 Å². The highest BCUT2D eigenvalue weighted by Gasteiger charge is 2.19. The molecule has 0 unspecified atom stereocenters. The van der Waals surface area contributed by atoms with Gasteiger partial charge in [-0.2, -0.15) is 0 Å². The van der Waals surface area contributed by atoms with Crippen molar-refractivity contribution in [1.29, 1.82) is 0 Å². The Labute approximate surface area is 148 Å². The first kappa shape index (κ1) is 17.4. The number of carbonyl (C=O) groups is 1. The SMILES string of the molecule is Cc1cccc(C(C)C)c1Nc1ncc(C(=O)N2CCOCC2)cn1. The number of aromatic nitrogens is 2. The summed E-state index contributed by atoms with van der Waals surface area (Å²) in [5.74, 6) is 0.841. The van der Waals surface area contributed by atoms with Crippen molar-refractivity contribution < 1.29 is 9.53 Å². The van der Waals surface area contributed by atoms with Crippen LogP contribution in [0.1, 0.15) is 41.3 Å². The Morgan fingerprint density at radius 1 is 1.20 bits per heavy atom. The summed E-state index contributed by atoms with van der Waals surface area (Å²) in [6, 6.07) is 6.22. The Bertz CT molecular complexity index is 738. The van der Waals surface area contributed by atoms with Crippen LogP contribution in [0.15, 0.2) is 30.6 Å². The van der Waals surface area contributed by atoms with Gasteiger partial charge < -0.3 is 15.0 Å². The van der Waals surface area contributed by atoms with Gasteiger partial charge in [0.15, 0.2) is 0 Å². The van der Waals surface area contributed by atoms with Gasteiger partial charge in [-0.1, -0.05) is 32.0 Å². The van der Waals surface area contributed by atoms with Crippen LogP contribution >= 0.6 is 0 Å². The molecule has 1 amide bonds. The van der Waals surface area contributed by atoms with Gasteiger partial charge in [0, 0.05) is 31.2 Å². The van der Waals surface area contributed by atoms with Gasteiger partial charge in [-0.15, -0.1) is 0 Å². The Hall–Kier alpha value is -2.47. The number of amides is 1. The second-order valence-corrected chi connectivity index (χ2v) is 6.52. The number of ether oxygens (including phenoxy) is 1. The number of benzene rings is 1. The van der Waals surface area contributed by atoms with Crippen LogP contribution in [0, 0.1) is 6.92 Å². The van der Waals surface area contributed by atoms with Crippen molar-refractivity contribution in [2.24, 2.45) is 0 Å². The minimum atomic E-state index is -0.0476. The lowest BCUT2D eigenvalue weighted by Crippen LogP contribution is -2.40. The first-order valence-corrected chi connectivity index (χ1v) is 8.62. The third-order valence-corrected chi connectivity index (χ3v) is 4.36. The summed E-state index contributed by atoms with van der Waals surface area (Å²) in [4.78, 5) is 22.9. The zero-order valence-corrected chi connectivity index (χ0v) is 15.0. The van der Waals surface area contributed by atoms with Gasteiger partial charge in [0.2, 0.25) is 5.95 Å². The average Bonchev–Trinajstić information content (AvgIpc) is 2.64. The fourth-order valence-electron chi connectivity index (χ4n) is 2.91. The number of para-hydroxylation sites is 1. The van der Waals surface area contributed by atoms with E-state index in [-0.39, 0.29) is 5.91 Å². The lowest BCUT2D eigenvalue weighted by molar-refractivity contribution is 0.0302. The summed E-state index contributed by atoms with van der Waals surface area (Å²) in [5, 5.41) is 3.30. The predicted molar refractivity (Wildman–Crippen MR) is 97.3 cm³/mol. The summed E-state index contributed by atoms with van der Waals surface area (Å²) in [6.07, 6.45) is 3.17. The third-order valence-electron chi connectivity index (χ3n) is 4.36. The molecule has 1 aromatic carbocycles. The van der Waals surface area contributed by atoms with Gasteiger partial charge in [0.1, 0.15) is 0 Å². The molecular weight excluding hydrogens is 316 g/mol. The second kappa shape index (κ2) is 7.61. The molecule has 1 N–H and O–H groups in total. The first-order valence-electron chi connectivity index (χ1n) is 8.62. The van der Waals surface area contributed by atoms with Gasteiger partial charge in [-0.25, -0.2) is 9.97 Å². The molecule has 1 saturated heterocycles. The van der Waals surface area contributed by atoms with E-state index in [1.165, 1.54) is 5.56 Å². The highest BCUT2D eigenvalue weighted by Crippen LogP contribution is 2.29. The highest BCUT2D eigenvalue weighted by molar-refractivity contribution is 5.93. The van der Waals surface area contributed by atoms with Crippen molar-refractivity contribution in [2.45, 2.75) is 26.7 Å². The molecular formula is C19H24N4O2. The van der Waals surface area contributed by atoms with Crippen LogP contribution < -0.4 is 5.32 Å². The maximum atomic E-state index is 12.4. The molecule has 0 atom stereocenters. The lowest BCUT2D eigenvalue weighted by Gasteiger charge is -2.26. The maximum absolute atomic E-state index is 12.4. The smallest absolute Gasteiger partial charge is 0.257 e. The molecule has 1 aromatic heterocycles. The Morgan fingerprint density at radius 3 is 2.52 bits per heavy atom. The molecule has 3 rings (SSSR count). The van der Waals surface area contributed by atoms with E-state index in [1.807, 2.05) is 0 Å². The molecule has 1 aliphatic heterocycles. The molecule has 0 radical (unpaired) electrons. The molecule has 0 aliphatic carbocycles. The normalized spacial score (nSPS) is 14.6. The highest BCUT2D eigenvalue weighted by atomic mass is 16.5. The zero-order valence-electron chi connectivity index (χ0n) is 15.0. The number of anilines is 2. The van der Waals surface area contributed by atoms with Gasteiger partial charge >= 0.3 is 0 Å². The molecule has 6 nitrogen and oxygen atoms in total. The van der Waals surface area contributed by atoms with Crippen LogP contribution in [-0.2, 0) is 4.74 Å². The van der Waals surface area contributed by atoms with E-state index < -0.39 is 0 Å². The first-order chi connectivity index (χ1) is 12.1. The summed E-state index contributed by atoms with van der Waals surface area (Å²) in [5.41, 5.74) is 3.89. The molecule has 1 aliphatic rings. The summed E-state index contributed by atoms with van der Waals surface area (Å²) < 4.78 is 5.28. The van der Waals surface area contributed by atoms with E-state index in [1.54, 1.807) is 17.3 Å². The topological polar surface area (TPSA) is 67.4 Å². The molecule has 1 fully saturated rings. The molecule has 25 heavy (non-hydrogen) atoms. The second-order valence-electron chi connectivity index (χ2n) is 6.52. The number of morpholine rings is 1. The number of hydrogen-bond acceptors (Lipinski definition) is 5. The maximum Gasteiger partial charge on any atom is 0.257 e. The van der Waals surface area contributed by atoms with Gasteiger partial charge in [0.25, 0.3) is 5.91 Å². The van der Waals surface area contributed by atoms with Crippen LogP contribution in [0.2, 0.25) is 0 Å². The lowest BCUT2D eigenvalue weighted by atomic mass is 9.98. The van der Waals surface area contributed by atoms with E-state index in [0.29, 0.717) is 43.7 Å². The molecule has 2 aromatic rings. The number of nitrogens with zero attached hydrogens (tertiary/aromatic N) is 3. The molecule has 2 heterocycles. The van der Waals surface area contributed by atoms with Gasteiger partial charge in [-0.3, -0.25) is 4.79 Å². The van der Waals surface area contributed by atoms with Crippen molar-refractivity contribution in [1.82, 2.24) is 14.9 Å². The van der Waals surface area contributed by atoms with Crippen LogP contribution in [0.5, 0.6) is 0 Å². The van der Waals surface area contributed by atoms with Crippen molar-refractivity contribution in [3.8, 4) is 0 Å². The quantitative estimate of drug-likeness (QED) is 0.926. The standard InChI is InChI=1S/C19H24N4O2/c1-13(2)16-6-4-5-14(3)17(16)22-19-20-11-15(12-21-19)18(24)23-7-9-25-10-8-23/h4-6,11-13H,7-10H2,1-3H3,(H,20,21,22). The fourth-order valence-corrected chi connectivity index (χ4v) is 2.91. The van der Waals surface area contributed by atoms with Gasteiger partial charge in [-0.05, 0) is 24.0 Å². The van der Waals surface area contributed by atoms with E-state index >= 15 is 0 Å². The van der Waals surface area contributed by atoms with Gasteiger partial charge in [0.05, 0.1) is 18.8 Å². The Kier molecular flexibility index (Phi) is 5.28. The molecule has 132 valence electrons. The summed E-state index contributed by atoms with van der Waals surface area (Å²) in [6.45, 7) is 8.76. The Balaban J connectivity index is 1.76. The number of carbonyl (C=O) groups excluding carboxylic acids is 1. The largest absolute Gasteiger partial charge is 0.378 e. The van der Waals surface area contributed by atoms with Crippen LogP contribution in [0.4, 0.5) is 11.6 Å². The van der Waals surface area contributed by atoms with Crippen LogP contribution in [0.25, 0.3) is 0 Å². The Morgan fingerprint density at radius 2 is 1.88 bits per heavy atom. The fraction of sp³-hybridized carbons (Fsp3) is 0.421. The molecule has 6 heteroatoms. The molecule has 0 spiro atoms. The number of aryl methyl sites for hydroxylation is 1. The van der Waals surface area contributed by atoms with Crippen LogP contribution in [-0.4, -0.2) is 47.1 Å². The van der Waals surface area contributed by atoms with E-state index in [0.717, 1.165) is 11.3 Å². The monoisotopic (exact) mass is 340 g/mol. The summed E-state index contributed by atoms with van der Waals surface area (Å²) >= 11 is 0. The van der Waals surface area contributed by atoms with Crippen molar-refractivity contribution in [3.63, 3.8) is 0 Å². The number of hydrogen-bond donors (Lipinski definition) is 1. The van der Waals surface area contributed by atoms with Crippen molar-refractivity contribution in [3.05, 3.63) is 47.3 Å². The molecule has 0 bridgehead atoms. The minimum absolute atomic E-state index is 0.0476. The van der Waals surface area contributed by atoms with E-state index in [9.17, 15) is 4.79 Å². The predicted octanol–water partition coefficient (Wildman–Crippen LogP) is 3.12. The third kappa shape index (κ3) is 3.96. The number of rotatable bonds is 4. The van der Waals surface area contributed by atoms with Crippen molar-refractivity contribution in [2.75, 3.05) is 31.6 Å². The summed E-state index contributed by atoms with van der Waals surface area (Å²) in [7, 11) is 0. The molecule has 0 saturated carbocycles. The number of nitrogens with one attached hydrogen (secondary N) is 1. The minimum Gasteiger partial charge on any atom is -0.378 e. The average molecular weight is 340 g/mol.